The van der Waals surface area contributed by atoms with Crippen molar-refractivity contribution in [1.82, 2.24) is 3.97 Å². The van der Waals surface area contributed by atoms with Crippen LogP contribution in [-0.4, -0.2) is 3.97 Å². The van der Waals surface area contributed by atoms with Gasteiger partial charge in [0.2, 0.25) is 0 Å². The minimum Gasteiger partial charge on any atom is -0.688 e. The second-order valence-corrected chi connectivity index (χ2v) is 1.46. The number of hydrogen-bond acceptors (Lipinski definition) is 1. The number of rotatable bonds is 0. The van der Waals surface area contributed by atoms with Crippen molar-refractivity contribution < 1.29 is 0 Å². The summed E-state index contributed by atoms with van der Waals surface area (Å²) in [5, 5.41) is 0. The van der Waals surface area contributed by atoms with E-state index >= 15 is 0 Å². The van der Waals surface area contributed by atoms with Gasteiger partial charge in [-0.3, -0.25) is 0 Å². The monoisotopic (exact) mass is 98.0 g/mol. The maximum atomic E-state index is 4.66. The molecule has 0 N–H and O–H groups in total. The van der Waals surface area contributed by atoms with Gasteiger partial charge >= 0.3 is 0 Å². The highest BCUT2D eigenvalue weighted by Gasteiger charge is 1.60. The summed E-state index contributed by atoms with van der Waals surface area (Å²) in [7, 11) is 0. The standard InChI is InChI=1S/C4H4NS/c6-5-3-1-2-4-5/h1-4H/q-1. The van der Waals surface area contributed by atoms with Crippen LogP contribution >= 0.6 is 0 Å². The summed E-state index contributed by atoms with van der Waals surface area (Å²) in [5.41, 5.74) is 0. The van der Waals surface area contributed by atoms with E-state index in [2.05, 4.69) is 12.8 Å². The lowest BCUT2D eigenvalue weighted by atomic mass is 10.7. The lowest BCUT2D eigenvalue weighted by Crippen LogP contribution is -1.72. The van der Waals surface area contributed by atoms with E-state index in [9.17, 15) is 0 Å². The van der Waals surface area contributed by atoms with Gasteiger partial charge in [0.05, 0.1) is 0 Å². The first-order valence-corrected chi connectivity index (χ1v) is 2.06. The molecule has 0 aliphatic carbocycles. The van der Waals surface area contributed by atoms with E-state index < -0.39 is 0 Å². The van der Waals surface area contributed by atoms with Gasteiger partial charge in [0.1, 0.15) is 0 Å². The molecule has 0 aliphatic rings. The van der Waals surface area contributed by atoms with Crippen molar-refractivity contribution in [2.75, 3.05) is 0 Å². The van der Waals surface area contributed by atoms with E-state index in [-0.39, 0.29) is 0 Å². The van der Waals surface area contributed by atoms with Crippen LogP contribution in [0.4, 0.5) is 0 Å². The van der Waals surface area contributed by atoms with E-state index in [0.29, 0.717) is 0 Å². The molecule has 2 heteroatoms. The fourth-order valence-electron chi connectivity index (χ4n) is 0.319. The second-order valence-electron chi connectivity index (χ2n) is 1.04. The predicted molar refractivity (Wildman–Crippen MR) is 27.2 cm³/mol. The zero-order valence-corrected chi connectivity index (χ0v) is 3.98. The molecule has 0 fully saturated rings. The Morgan fingerprint density at radius 1 is 1.17 bits per heavy atom. The van der Waals surface area contributed by atoms with Gasteiger partial charge in [-0.1, -0.05) is 0 Å². The molecule has 0 spiro atoms. The molecule has 1 heterocycles. The van der Waals surface area contributed by atoms with Gasteiger partial charge in [0.25, 0.3) is 0 Å². The van der Waals surface area contributed by atoms with Gasteiger partial charge in [-0.15, -0.1) is 0 Å². The molecule has 1 aromatic heterocycles. The van der Waals surface area contributed by atoms with Crippen LogP contribution in [0.15, 0.2) is 24.5 Å². The van der Waals surface area contributed by atoms with Gasteiger partial charge < -0.3 is 16.8 Å². The molecule has 0 saturated carbocycles. The Bertz CT molecular complexity index is 111. The minimum atomic E-state index is 1.58. The van der Waals surface area contributed by atoms with Crippen molar-refractivity contribution in [2.24, 2.45) is 0 Å². The SMILES string of the molecule is [S-]n1cccc1. The van der Waals surface area contributed by atoms with Crippen molar-refractivity contribution >= 4 is 12.8 Å². The Labute approximate surface area is 42.1 Å². The topological polar surface area (TPSA) is 4.93 Å². The van der Waals surface area contributed by atoms with E-state index in [1.807, 2.05) is 24.5 Å². The highest BCUT2D eigenvalue weighted by atomic mass is 32.1. The van der Waals surface area contributed by atoms with E-state index in [1.165, 1.54) is 0 Å². The summed E-state index contributed by atoms with van der Waals surface area (Å²) < 4.78 is 1.58. The Kier molecular flexibility index (Phi) is 0.801. The summed E-state index contributed by atoms with van der Waals surface area (Å²) in [5.74, 6) is 0. The third kappa shape index (κ3) is 0.518. The largest absolute Gasteiger partial charge is 0.688 e. The normalized spacial score (nSPS) is 8.67. The highest BCUT2D eigenvalue weighted by Crippen LogP contribution is 1.81. The third-order valence-electron chi connectivity index (χ3n) is 0.577. The maximum absolute atomic E-state index is 4.66. The van der Waals surface area contributed by atoms with Crippen LogP contribution in [0.5, 0.6) is 0 Å². The fourth-order valence-corrected chi connectivity index (χ4v) is 0.459. The number of hydrogen-bond donors (Lipinski definition) is 0. The van der Waals surface area contributed by atoms with Crippen molar-refractivity contribution in [3.8, 4) is 0 Å². The van der Waals surface area contributed by atoms with Crippen LogP contribution in [0, 0.1) is 0 Å². The van der Waals surface area contributed by atoms with Crippen LogP contribution in [0.3, 0.4) is 0 Å². The molecule has 0 amide bonds. The number of aromatic nitrogens is 1. The number of nitrogens with zero attached hydrogens (tertiary/aromatic N) is 1. The smallest absolute Gasteiger partial charge is 0.0163 e. The molecule has 0 radical (unpaired) electrons. The van der Waals surface area contributed by atoms with Crippen LogP contribution in [0.1, 0.15) is 0 Å². The Balaban J connectivity index is 3.05. The molecule has 1 rings (SSSR count). The van der Waals surface area contributed by atoms with Crippen LogP contribution in [0.2, 0.25) is 0 Å². The molecule has 0 unspecified atom stereocenters. The lowest BCUT2D eigenvalue weighted by molar-refractivity contribution is 1.30. The molecule has 1 aromatic rings. The maximum Gasteiger partial charge on any atom is -0.0163 e. The van der Waals surface area contributed by atoms with E-state index in [0.717, 1.165) is 0 Å². The summed E-state index contributed by atoms with van der Waals surface area (Å²) >= 11 is 4.66. The first-order chi connectivity index (χ1) is 2.89. The molecule has 1 nitrogen and oxygen atoms in total. The molecule has 0 atom stereocenters. The van der Waals surface area contributed by atoms with E-state index in [4.69, 9.17) is 0 Å². The molecule has 0 aromatic carbocycles. The van der Waals surface area contributed by atoms with E-state index in [1.54, 1.807) is 3.97 Å². The Hall–Kier alpha value is -0.500. The Morgan fingerprint density at radius 3 is 1.83 bits per heavy atom. The van der Waals surface area contributed by atoms with Gasteiger partial charge in [0, 0.05) is 0 Å². The minimum absolute atomic E-state index is 1.58. The molecule has 0 saturated heterocycles. The second kappa shape index (κ2) is 1.30. The molecule has 0 aliphatic heterocycles. The lowest BCUT2D eigenvalue weighted by Gasteiger charge is -2.00. The average Bonchev–Trinajstić information content (AvgIpc) is 1.86. The van der Waals surface area contributed by atoms with Crippen LogP contribution in [0.25, 0.3) is 0 Å². The first kappa shape index (κ1) is 3.68. The quantitative estimate of drug-likeness (QED) is 0.434. The molecular weight excluding hydrogens is 94.1 g/mol. The first-order valence-electron chi connectivity index (χ1n) is 1.70. The highest BCUT2D eigenvalue weighted by molar-refractivity contribution is 7.56. The van der Waals surface area contributed by atoms with Crippen molar-refractivity contribution in [2.45, 2.75) is 0 Å². The van der Waals surface area contributed by atoms with Crippen LogP contribution < -0.4 is 0 Å². The summed E-state index contributed by atoms with van der Waals surface area (Å²) in [6.45, 7) is 0. The molecular formula is C4H4NS-. The van der Waals surface area contributed by atoms with Crippen molar-refractivity contribution in [3.63, 3.8) is 0 Å². The Morgan fingerprint density at radius 2 is 1.67 bits per heavy atom. The van der Waals surface area contributed by atoms with Crippen molar-refractivity contribution in [1.29, 1.82) is 0 Å². The zero-order valence-electron chi connectivity index (χ0n) is 3.16. The molecule has 6 heavy (non-hydrogen) atoms. The average molecular weight is 98.1 g/mol. The van der Waals surface area contributed by atoms with Crippen LogP contribution in [-0.2, 0) is 12.8 Å². The summed E-state index contributed by atoms with van der Waals surface area (Å²) in [6, 6.07) is 3.79. The summed E-state index contributed by atoms with van der Waals surface area (Å²) in [6.07, 6.45) is 3.63. The zero-order chi connectivity index (χ0) is 4.41. The molecule has 0 bridgehead atoms. The van der Waals surface area contributed by atoms with Gasteiger partial charge in [-0.25, -0.2) is 0 Å². The third-order valence-corrected chi connectivity index (χ3v) is 0.821. The van der Waals surface area contributed by atoms with Gasteiger partial charge in [-0.2, -0.15) is 0 Å². The predicted octanol–water partition coefficient (Wildman–Crippen LogP) is 0.798. The van der Waals surface area contributed by atoms with Crippen molar-refractivity contribution in [3.05, 3.63) is 24.5 Å². The molecule has 32 valence electrons. The van der Waals surface area contributed by atoms with Gasteiger partial charge in [0.15, 0.2) is 0 Å². The summed E-state index contributed by atoms with van der Waals surface area (Å²) in [4.78, 5) is 0. The van der Waals surface area contributed by atoms with Gasteiger partial charge in [-0.05, 0) is 24.5 Å². The fraction of sp³-hybridized carbons (Fsp3) is 0.